The molecule has 2 amide bonds. The van der Waals surface area contributed by atoms with Gasteiger partial charge in [0.2, 0.25) is 5.91 Å². The Morgan fingerprint density at radius 3 is 2.30 bits per heavy atom. The van der Waals surface area contributed by atoms with E-state index in [2.05, 4.69) is 17.6 Å². The molecule has 0 saturated heterocycles. The van der Waals surface area contributed by atoms with Crippen molar-refractivity contribution in [1.29, 1.82) is 0 Å². The molecule has 0 aliphatic heterocycles. The van der Waals surface area contributed by atoms with E-state index >= 15 is 0 Å². The van der Waals surface area contributed by atoms with Crippen LogP contribution in [0.2, 0.25) is 0 Å². The van der Waals surface area contributed by atoms with Crippen LogP contribution in [-0.2, 0) is 4.79 Å². The second-order valence-electron chi connectivity index (χ2n) is 5.20. The summed E-state index contributed by atoms with van der Waals surface area (Å²) >= 11 is 0. The van der Waals surface area contributed by atoms with Crippen molar-refractivity contribution in [2.24, 2.45) is 0 Å². The molecule has 110 valence electrons. The van der Waals surface area contributed by atoms with Crippen LogP contribution in [0.4, 0.5) is 0 Å². The molecule has 0 heterocycles. The second kappa shape index (κ2) is 8.35. The lowest BCUT2D eigenvalue weighted by atomic mass is 10.1. The van der Waals surface area contributed by atoms with E-state index in [-0.39, 0.29) is 23.9 Å². The molecule has 0 bridgehead atoms. The highest BCUT2D eigenvalue weighted by Gasteiger charge is 2.14. The SMILES string of the molecule is CCCC(C)NC(=O)CC(C)NC(=O)c1ccccc1. The first-order valence-electron chi connectivity index (χ1n) is 7.18. The third-order valence-corrected chi connectivity index (χ3v) is 3.03. The van der Waals surface area contributed by atoms with E-state index in [4.69, 9.17) is 0 Å². The van der Waals surface area contributed by atoms with Crippen molar-refractivity contribution in [3.63, 3.8) is 0 Å². The van der Waals surface area contributed by atoms with Crippen LogP contribution in [0.1, 0.15) is 50.4 Å². The van der Waals surface area contributed by atoms with Crippen molar-refractivity contribution in [1.82, 2.24) is 10.6 Å². The van der Waals surface area contributed by atoms with Crippen LogP contribution >= 0.6 is 0 Å². The molecule has 1 aromatic rings. The van der Waals surface area contributed by atoms with Crippen LogP contribution in [0.25, 0.3) is 0 Å². The summed E-state index contributed by atoms with van der Waals surface area (Å²) in [4.78, 5) is 23.7. The lowest BCUT2D eigenvalue weighted by Crippen LogP contribution is -2.39. The molecule has 0 aliphatic carbocycles. The van der Waals surface area contributed by atoms with Crippen molar-refractivity contribution in [2.45, 2.75) is 52.1 Å². The molecule has 4 heteroatoms. The molecule has 0 aliphatic rings. The molecule has 4 nitrogen and oxygen atoms in total. The predicted molar refractivity (Wildman–Crippen MR) is 80.5 cm³/mol. The molecule has 1 aromatic carbocycles. The quantitative estimate of drug-likeness (QED) is 0.804. The second-order valence-corrected chi connectivity index (χ2v) is 5.20. The predicted octanol–water partition coefficient (Wildman–Crippen LogP) is 2.50. The summed E-state index contributed by atoms with van der Waals surface area (Å²) in [6, 6.07) is 9.01. The summed E-state index contributed by atoms with van der Waals surface area (Å²) in [6.45, 7) is 5.92. The lowest BCUT2D eigenvalue weighted by molar-refractivity contribution is -0.122. The van der Waals surface area contributed by atoms with Crippen molar-refractivity contribution in [3.8, 4) is 0 Å². The molecular formula is C16H24N2O2. The zero-order valence-corrected chi connectivity index (χ0v) is 12.5. The summed E-state index contributed by atoms with van der Waals surface area (Å²) < 4.78 is 0. The fourth-order valence-corrected chi connectivity index (χ4v) is 2.06. The maximum Gasteiger partial charge on any atom is 0.251 e. The molecule has 0 saturated carbocycles. The van der Waals surface area contributed by atoms with Crippen LogP contribution in [0, 0.1) is 0 Å². The van der Waals surface area contributed by atoms with Gasteiger partial charge in [-0.25, -0.2) is 0 Å². The monoisotopic (exact) mass is 276 g/mol. The largest absolute Gasteiger partial charge is 0.354 e. The maximum absolute atomic E-state index is 11.9. The van der Waals surface area contributed by atoms with Crippen LogP contribution in [0.3, 0.4) is 0 Å². The van der Waals surface area contributed by atoms with Crippen LogP contribution in [-0.4, -0.2) is 23.9 Å². The Morgan fingerprint density at radius 2 is 1.70 bits per heavy atom. The van der Waals surface area contributed by atoms with Gasteiger partial charge in [-0.3, -0.25) is 9.59 Å². The average molecular weight is 276 g/mol. The highest BCUT2D eigenvalue weighted by Crippen LogP contribution is 2.01. The van der Waals surface area contributed by atoms with Crippen molar-refractivity contribution < 1.29 is 9.59 Å². The Bertz CT molecular complexity index is 431. The number of benzene rings is 1. The zero-order valence-electron chi connectivity index (χ0n) is 12.5. The molecule has 2 atom stereocenters. The van der Waals surface area contributed by atoms with Gasteiger partial charge in [-0.15, -0.1) is 0 Å². The van der Waals surface area contributed by atoms with Gasteiger partial charge in [0.05, 0.1) is 0 Å². The minimum absolute atomic E-state index is 0.0215. The fourth-order valence-electron chi connectivity index (χ4n) is 2.06. The fraction of sp³-hybridized carbons (Fsp3) is 0.500. The summed E-state index contributed by atoms with van der Waals surface area (Å²) in [7, 11) is 0. The van der Waals surface area contributed by atoms with Gasteiger partial charge in [-0.05, 0) is 32.4 Å². The average Bonchev–Trinajstić information content (AvgIpc) is 2.39. The zero-order chi connectivity index (χ0) is 15.0. The molecule has 20 heavy (non-hydrogen) atoms. The van der Waals surface area contributed by atoms with Crippen molar-refractivity contribution in [2.75, 3.05) is 0 Å². The van der Waals surface area contributed by atoms with Gasteiger partial charge in [-0.2, -0.15) is 0 Å². The Hall–Kier alpha value is -1.84. The van der Waals surface area contributed by atoms with E-state index in [0.717, 1.165) is 12.8 Å². The van der Waals surface area contributed by atoms with E-state index in [1.165, 1.54) is 0 Å². The third kappa shape index (κ3) is 5.87. The summed E-state index contributed by atoms with van der Waals surface area (Å²) in [6.07, 6.45) is 2.31. The van der Waals surface area contributed by atoms with E-state index < -0.39 is 0 Å². The van der Waals surface area contributed by atoms with E-state index in [1.807, 2.05) is 32.0 Å². The van der Waals surface area contributed by atoms with E-state index in [0.29, 0.717) is 12.0 Å². The van der Waals surface area contributed by atoms with Gasteiger partial charge in [0.25, 0.3) is 5.91 Å². The van der Waals surface area contributed by atoms with Crippen molar-refractivity contribution in [3.05, 3.63) is 35.9 Å². The van der Waals surface area contributed by atoms with Gasteiger partial charge < -0.3 is 10.6 Å². The number of amides is 2. The first kappa shape index (κ1) is 16.2. The van der Waals surface area contributed by atoms with Gasteiger partial charge in [-0.1, -0.05) is 31.5 Å². The molecule has 2 N–H and O–H groups in total. The molecule has 0 fully saturated rings. The summed E-state index contributed by atoms with van der Waals surface area (Å²) in [5.74, 6) is -0.167. The number of nitrogens with one attached hydrogen (secondary N) is 2. The normalized spacial score (nSPS) is 13.3. The lowest BCUT2D eigenvalue weighted by Gasteiger charge is -2.16. The molecule has 0 radical (unpaired) electrons. The number of rotatable bonds is 7. The Morgan fingerprint density at radius 1 is 1.05 bits per heavy atom. The smallest absolute Gasteiger partial charge is 0.251 e. The highest BCUT2D eigenvalue weighted by molar-refractivity contribution is 5.94. The first-order valence-corrected chi connectivity index (χ1v) is 7.18. The third-order valence-electron chi connectivity index (χ3n) is 3.03. The summed E-state index contributed by atoms with van der Waals surface area (Å²) in [5.41, 5.74) is 0.610. The van der Waals surface area contributed by atoms with E-state index in [9.17, 15) is 9.59 Å². The van der Waals surface area contributed by atoms with Crippen LogP contribution < -0.4 is 10.6 Å². The molecule has 2 unspecified atom stereocenters. The van der Waals surface area contributed by atoms with Gasteiger partial charge in [0.1, 0.15) is 0 Å². The molecule has 0 aromatic heterocycles. The Balaban J connectivity index is 2.38. The standard InChI is InChI=1S/C16H24N2O2/c1-4-8-12(2)17-15(19)11-13(3)18-16(20)14-9-6-5-7-10-14/h5-7,9-10,12-13H,4,8,11H2,1-3H3,(H,17,19)(H,18,20). The van der Waals surface area contributed by atoms with Crippen LogP contribution in [0.5, 0.6) is 0 Å². The van der Waals surface area contributed by atoms with Gasteiger partial charge >= 0.3 is 0 Å². The number of carbonyl (C=O) groups excluding carboxylic acids is 2. The number of carbonyl (C=O) groups is 2. The van der Waals surface area contributed by atoms with Gasteiger partial charge in [0.15, 0.2) is 0 Å². The maximum atomic E-state index is 11.9. The number of hydrogen-bond donors (Lipinski definition) is 2. The molecular weight excluding hydrogens is 252 g/mol. The Labute approximate surface area is 121 Å². The van der Waals surface area contributed by atoms with Crippen molar-refractivity contribution >= 4 is 11.8 Å². The number of hydrogen-bond acceptors (Lipinski definition) is 2. The molecule has 1 rings (SSSR count). The van der Waals surface area contributed by atoms with Gasteiger partial charge in [0, 0.05) is 24.1 Å². The highest BCUT2D eigenvalue weighted by atomic mass is 16.2. The van der Waals surface area contributed by atoms with E-state index in [1.54, 1.807) is 12.1 Å². The molecule has 0 spiro atoms. The minimum atomic E-state index is -0.184. The summed E-state index contributed by atoms with van der Waals surface area (Å²) in [5, 5.41) is 5.77. The topological polar surface area (TPSA) is 58.2 Å². The van der Waals surface area contributed by atoms with Crippen LogP contribution in [0.15, 0.2) is 30.3 Å². The minimum Gasteiger partial charge on any atom is -0.354 e. The first-order chi connectivity index (χ1) is 9.52. The Kier molecular flexibility index (Phi) is 6.77.